The summed E-state index contributed by atoms with van der Waals surface area (Å²) >= 11 is 0. The van der Waals surface area contributed by atoms with Gasteiger partial charge in [-0.3, -0.25) is 4.79 Å². The second kappa shape index (κ2) is 5.45. The molecule has 0 radical (unpaired) electrons. The van der Waals surface area contributed by atoms with Crippen molar-refractivity contribution in [2.24, 2.45) is 5.92 Å². The van der Waals surface area contributed by atoms with Crippen LogP contribution in [-0.4, -0.2) is 27.0 Å². The van der Waals surface area contributed by atoms with Crippen LogP contribution in [0.2, 0.25) is 15.6 Å². The van der Waals surface area contributed by atoms with Gasteiger partial charge in [-0.25, -0.2) is 0 Å². The number of carbonyl (C=O) groups excluding carboxylic acids is 1. The lowest BCUT2D eigenvalue weighted by molar-refractivity contribution is -0.152. The molecule has 118 valence electrons. The molecule has 0 amide bonds. The van der Waals surface area contributed by atoms with Crippen LogP contribution in [0.5, 0.6) is 0 Å². The standard InChI is InChI=1S/C16H32O3Si/c1-11-12(2)20(15(4,5)6,16(7,8)9)18-10-14(11)19-13(3)17/h11-12,14H,10H2,1-9H3/t11-,12-,14-/m1/s1. The summed E-state index contributed by atoms with van der Waals surface area (Å²) in [5.74, 6) is 0.135. The Labute approximate surface area is 125 Å². The summed E-state index contributed by atoms with van der Waals surface area (Å²) in [5.41, 5.74) is 0.445. The highest BCUT2D eigenvalue weighted by atomic mass is 28.4. The van der Waals surface area contributed by atoms with Gasteiger partial charge in [-0.05, 0) is 21.5 Å². The maximum atomic E-state index is 11.3. The molecule has 0 aromatic heterocycles. The quantitative estimate of drug-likeness (QED) is 0.527. The minimum Gasteiger partial charge on any atom is -0.460 e. The van der Waals surface area contributed by atoms with Crippen LogP contribution in [0.15, 0.2) is 0 Å². The van der Waals surface area contributed by atoms with Gasteiger partial charge in [0, 0.05) is 6.92 Å². The molecule has 1 aliphatic heterocycles. The second-order valence-electron chi connectivity index (χ2n) is 8.34. The molecule has 3 atom stereocenters. The lowest BCUT2D eigenvalue weighted by Crippen LogP contribution is -2.64. The first kappa shape index (κ1) is 17.7. The molecule has 0 aliphatic carbocycles. The number of ether oxygens (including phenoxy) is 1. The van der Waals surface area contributed by atoms with E-state index in [1.807, 2.05) is 0 Å². The maximum absolute atomic E-state index is 11.3. The molecule has 0 saturated carbocycles. The number of carbonyl (C=O) groups is 1. The molecule has 3 nitrogen and oxygen atoms in total. The van der Waals surface area contributed by atoms with Gasteiger partial charge in [0.25, 0.3) is 0 Å². The van der Waals surface area contributed by atoms with Gasteiger partial charge >= 0.3 is 5.97 Å². The van der Waals surface area contributed by atoms with E-state index in [-0.39, 0.29) is 22.1 Å². The summed E-state index contributed by atoms with van der Waals surface area (Å²) in [6.07, 6.45) is -0.104. The van der Waals surface area contributed by atoms with E-state index >= 15 is 0 Å². The van der Waals surface area contributed by atoms with E-state index in [1.54, 1.807) is 0 Å². The topological polar surface area (TPSA) is 35.5 Å². The number of rotatable bonds is 1. The van der Waals surface area contributed by atoms with Crippen molar-refractivity contribution in [2.45, 2.75) is 84.0 Å². The van der Waals surface area contributed by atoms with Gasteiger partial charge in [0.05, 0.1) is 6.61 Å². The summed E-state index contributed by atoms with van der Waals surface area (Å²) in [5, 5.41) is 0.306. The normalized spacial score (nSPS) is 30.9. The van der Waals surface area contributed by atoms with Crippen LogP contribution < -0.4 is 0 Å². The summed E-state index contributed by atoms with van der Waals surface area (Å²) in [6, 6.07) is 0. The van der Waals surface area contributed by atoms with Gasteiger partial charge in [-0.1, -0.05) is 55.4 Å². The zero-order valence-corrected chi connectivity index (χ0v) is 15.7. The van der Waals surface area contributed by atoms with Crippen molar-refractivity contribution in [1.82, 2.24) is 0 Å². The van der Waals surface area contributed by atoms with Gasteiger partial charge < -0.3 is 9.16 Å². The Morgan fingerprint density at radius 2 is 1.55 bits per heavy atom. The van der Waals surface area contributed by atoms with E-state index in [0.29, 0.717) is 18.1 Å². The number of hydrogen-bond donors (Lipinski definition) is 0. The Hall–Kier alpha value is -0.353. The predicted octanol–water partition coefficient (Wildman–Crippen LogP) is 4.52. The third kappa shape index (κ3) is 2.82. The van der Waals surface area contributed by atoms with E-state index in [0.717, 1.165) is 0 Å². The summed E-state index contributed by atoms with van der Waals surface area (Å²) in [7, 11) is -2.04. The third-order valence-corrected chi connectivity index (χ3v) is 11.9. The molecule has 1 rings (SSSR count). The first-order valence-electron chi connectivity index (χ1n) is 7.66. The molecule has 1 fully saturated rings. The highest BCUT2D eigenvalue weighted by Crippen LogP contribution is 2.61. The average Bonchev–Trinajstić information content (AvgIpc) is 2.20. The van der Waals surface area contributed by atoms with Gasteiger partial charge in [0.1, 0.15) is 6.10 Å². The Morgan fingerprint density at radius 3 is 1.90 bits per heavy atom. The monoisotopic (exact) mass is 300 g/mol. The molecule has 0 aromatic carbocycles. The van der Waals surface area contributed by atoms with Crippen LogP contribution in [0.3, 0.4) is 0 Å². The van der Waals surface area contributed by atoms with E-state index in [4.69, 9.17) is 9.16 Å². The summed E-state index contributed by atoms with van der Waals surface area (Å²) in [6.45, 7) is 20.4. The molecule has 0 bridgehead atoms. The molecule has 4 heteroatoms. The lowest BCUT2D eigenvalue weighted by Gasteiger charge is -2.59. The smallest absolute Gasteiger partial charge is 0.302 e. The van der Waals surface area contributed by atoms with Gasteiger partial charge in [0.2, 0.25) is 8.32 Å². The third-order valence-electron chi connectivity index (χ3n) is 5.04. The van der Waals surface area contributed by atoms with E-state index in [1.165, 1.54) is 6.92 Å². The van der Waals surface area contributed by atoms with Crippen molar-refractivity contribution >= 4 is 14.3 Å². The Bertz CT molecular complexity index is 351. The summed E-state index contributed by atoms with van der Waals surface area (Å²) < 4.78 is 12.0. The zero-order valence-electron chi connectivity index (χ0n) is 14.7. The SMILES string of the molecule is CC(=O)O[C@@H]1CO[Si](C(C)(C)C)(C(C)(C)C)[C@H](C)[C@H]1C. The highest BCUT2D eigenvalue weighted by molar-refractivity contribution is 6.80. The van der Waals surface area contributed by atoms with Crippen molar-refractivity contribution in [1.29, 1.82) is 0 Å². The van der Waals surface area contributed by atoms with Gasteiger partial charge in [0.15, 0.2) is 0 Å². The molecule has 0 aromatic rings. The van der Waals surface area contributed by atoms with Crippen molar-refractivity contribution in [2.75, 3.05) is 6.61 Å². The van der Waals surface area contributed by atoms with Crippen LogP contribution in [0.1, 0.15) is 62.3 Å². The predicted molar refractivity (Wildman–Crippen MR) is 85.3 cm³/mol. The summed E-state index contributed by atoms with van der Waals surface area (Å²) in [4.78, 5) is 11.3. The first-order chi connectivity index (χ1) is 8.84. The molecule has 20 heavy (non-hydrogen) atoms. The van der Waals surface area contributed by atoms with E-state index in [9.17, 15) is 4.79 Å². The van der Waals surface area contributed by atoms with Gasteiger partial charge in [-0.15, -0.1) is 0 Å². The maximum Gasteiger partial charge on any atom is 0.302 e. The molecule has 0 spiro atoms. The largest absolute Gasteiger partial charge is 0.460 e. The average molecular weight is 301 g/mol. The lowest BCUT2D eigenvalue weighted by atomic mass is 10.0. The van der Waals surface area contributed by atoms with Crippen LogP contribution in [0, 0.1) is 5.92 Å². The fraction of sp³-hybridized carbons (Fsp3) is 0.938. The fourth-order valence-electron chi connectivity index (χ4n) is 4.47. The van der Waals surface area contributed by atoms with Crippen molar-refractivity contribution in [3.8, 4) is 0 Å². The molecule has 0 unspecified atom stereocenters. The van der Waals surface area contributed by atoms with Crippen molar-refractivity contribution in [3.05, 3.63) is 0 Å². The van der Waals surface area contributed by atoms with Crippen molar-refractivity contribution < 1.29 is 14.0 Å². The molecule has 1 aliphatic rings. The minimum atomic E-state index is -2.04. The van der Waals surface area contributed by atoms with Crippen LogP contribution in [0.25, 0.3) is 0 Å². The molecule has 1 heterocycles. The molecule has 1 saturated heterocycles. The molecular weight excluding hydrogens is 268 g/mol. The van der Waals surface area contributed by atoms with Crippen molar-refractivity contribution in [3.63, 3.8) is 0 Å². The Balaban J connectivity index is 3.17. The Morgan fingerprint density at radius 1 is 1.10 bits per heavy atom. The van der Waals surface area contributed by atoms with Crippen LogP contribution in [-0.2, 0) is 14.0 Å². The highest BCUT2D eigenvalue weighted by Gasteiger charge is 2.62. The first-order valence-corrected chi connectivity index (χ1v) is 9.64. The van der Waals surface area contributed by atoms with Crippen LogP contribution in [0.4, 0.5) is 0 Å². The zero-order chi connectivity index (χ0) is 15.9. The van der Waals surface area contributed by atoms with Crippen LogP contribution >= 0.6 is 0 Å². The fourth-order valence-corrected chi connectivity index (χ4v) is 12.0. The molecule has 0 N–H and O–H groups in total. The van der Waals surface area contributed by atoms with E-state index in [2.05, 4.69) is 55.4 Å². The number of hydrogen-bond acceptors (Lipinski definition) is 3. The van der Waals surface area contributed by atoms with E-state index < -0.39 is 8.32 Å². The minimum absolute atomic E-state index is 0.104. The second-order valence-corrected chi connectivity index (χ2v) is 14.0. The number of esters is 1. The Kier molecular flexibility index (Phi) is 4.82. The van der Waals surface area contributed by atoms with Gasteiger partial charge in [-0.2, -0.15) is 0 Å². The molecular formula is C16H32O3Si.